The number of benzene rings is 1. The number of pyridine rings is 1. The van der Waals surface area contributed by atoms with E-state index >= 15 is 0 Å². The van der Waals surface area contributed by atoms with Gasteiger partial charge in [-0.1, -0.05) is 12.1 Å². The third kappa shape index (κ3) is 5.35. The molecule has 4 aromatic heterocycles. The number of rotatable bonds is 7. The van der Waals surface area contributed by atoms with E-state index in [9.17, 15) is 17.6 Å². The van der Waals surface area contributed by atoms with E-state index in [1.54, 1.807) is 18.5 Å². The predicted octanol–water partition coefficient (Wildman–Crippen LogP) is 5.01. The van der Waals surface area contributed by atoms with Gasteiger partial charge in [0.1, 0.15) is 23.4 Å². The van der Waals surface area contributed by atoms with Crippen LogP contribution in [0, 0.1) is 11.7 Å². The van der Waals surface area contributed by atoms with E-state index in [0.717, 1.165) is 35.3 Å². The molecule has 1 saturated heterocycles. The van der Waals surface area contributed by atoms with Crippen LogP contribution >= 0.6 is 0 Å². The van der Waals surface area contributed by atoms with Crippen molar-refractivity contribution in [2.75, 3.05) is 18.0 Å². The molecule has 0 N–H and O–H groups in total. The average Bonchev–Trinajstić information content (AvgIpc) is 3.48. The Balaban J connectivity index is 1.23. The van der Waals surface area contributed by atoms with E-state index in [1.807, 2.05) is 10.7 Å². The van der Waals surface area contributed by atoms with Crippen molar-refractivity contribution >= 4 is 22.8 Å². The van der Waals surface area contributed by atoms with Crippen molar-refractivity contribution in [2.24, 2.45) is 5.92 Å². The van der Waals surface area contributed by atoms with E-state index in [4.69, 9.17) is 9.97 Å². The van der Waals surface area contributed by atoms with Crippen LogP contribution < -0.4 is 9.64 Å². The molecule has 1 aliphatic heterocycles. The van der Waals surface area contributed by atoms with Gasteiger partial charge in [0.25, 0.3) is 5.78 Å². The number of hydrogen-bond acceptors (Lipinski definition) is 8. The van der Waals surface area contributed by atoms with Gasteiger partial charge in [0.15, 0.2) is 11.5 Å². The Hall–Kier alpha value is -4.33. The largest absolute Gasteiger partial charge is 0.573 e. The lowest BCUT2D eigenvalue weighted by atomic mass is 9.96. The first-order valence-corrected chi connectivity index (χ1v) is 14.2. The summed E-state index contributed by atoms with van der Waals surface area (Å²) >= 11 is 0. The third-order valence-corrected chi connectivity index (χ3v) is 8.23. The molecule has 0 spiro atoms. The van der Waals surface area contributed by atoms with E-state index < -0.39 is 18.2 Å². The zero-order valence-corrected chi connectivity index (χ0v) is 23.5. The van der Waals surface area contributed by atoms with E-state index in [1.165, 1.54) is 37.1 Å². The summed E-state index contributed by atoms with van der Waals surface area (Å²) in [5.74, 6) is 1.09. The molecule has 2 aliphatic rings. The topological polar surface area (TPSA) is 89.5 Å². The van der Waals surface area contributed by atoms with Crippen molar-refractivity contribution < 1.29 is 22.3 Å². The first kappa shape index (κ1) is 27.5. The summed E-state index contributed by atoms with van der Waals surface area (Å²) in [5.41, 5.74) is 2.99. The highest BCUT2D eigenvalue weighted by Gasteiger charge is 2.38. The molecule has 7 rings (SSSR count). The van der Waals surface area contributed by atoms with Crippen LogP contribution in [0.4, 0.5) is 23.4 Å². The molecule has 3 atom stereocenters. The highest BCUT2D eigenvalue weighted by molar-refractivity contribution is 5.86. The Labute approximate surface area is 243 Å². The fraction of sp³-hybridized carbons (Fsp3) is 0.414. The summed E-state index contributed by atoms with van der Waals surface area (Å²) in [4.78, 5) is 18.5. The van der Waals surface area contributed by atoms with Crippen molar-refractivity contribution in [3.63, 3.8) is 0 Å². The lowest BCUT2D eigenvalue weighted by Gasteiger charge is -2.47. The molecular weight excluding hydrogens is 566 g/mol. The molecule has 2 fully saturated rings. The Morgan fingerprint density at radius 1 is 0.977 bits per heavy atom. The molecule has 0 bridgehead atoms. The quantitative estimate of drug-likeness (QED) is 0.243. The van der Waals surface area contributed by atoms with Crippen LogP contribution in [-0.2, 0) is 6.54 Å². The highest BCUT2D eigenvalue weighted by Crippen LogP contribution is 2.37. The number of hydrogen-bond donors (Lipinski definition) is 0. The van der Waals surface area contributed by atoms with Gasteiger partial charge in [-0.05, 0) is 62.4 Å². The van der Waals surface area contributed by atoms with Crippen LogP contribution in [0.25, 0.3) is 16.9 Å². The lowest BCUT2D eigenvalue weighted by Crippen LogP contribution is -2.57. The predicted molar refractivity (Wildman–Crippen MR) is 149 cm³/mol. The lowest BCUT2D eigenvalue weighted by molar-refractivity contribution is -0.274. The molecule has 5 heterocycles. The van der Waals surface area contributed by atoms with Gasteiger partial charge in [0.2, 0.25) is 0 Å². The molecule has 43 heavy (non-hydrogen) atoms. The summed E-state index contributed by atoms with van der Waals surface area (Å²) in [6, 6.07) is 8.36. The summed E-state index contributed by atoms with van der Waals surface area (Å²) in [7, 11) is 0. The van der Waals surface area contributed by atoms with E-state index in [0.29, 0.717) is 30.5 Å². The van der Waals surface area contributed by atoms with Gasteiger partial charge in [0.05, 0.1) is 24.3 Å². The maximum Gasteiger partial charge on any atom is 0.573 e. The molecule has 1 saturated carbocycles. The molecule has 1 aromatic carbocycles. The minimum Gasteiger partial charge on any atom is -0.404 e. The minimum atomic E-state index is -4.82. The SMILES string of the molecule is C[C@@H]1CN(c2nc3nncn3c3c2ncn3CC2CC2)[C@@H](C)CN1[C@H](c1ccc(F)cc1)c1ccc(OC(F)(F)F)cn1. The van der Waals surface area contributed by atoms with Gasteiger partial charge in [-0.2, -0.15) is 4.98 Å². The summed E-state index contributed by atoms with van der Waals surface area (Å²) in [6.07, 6.45) is 2.19. The molecule has 0 unspecified atom stereocenters. The van der Waals surface area contributed by atoms with Crippen LogP contribution in [0.5, 0.6) is 5.75 Å². The van der Waals surface area contributed by atoms with E-state index in [2.05, 4.69) is 48.1 Å². The molecule has 14 heteroatoms. The standard InChI is InChI=1S/C29H29F4N9O/c1-17-13-41(26-24-27(42-16-36-38-28(42)37-26)39(15-35-24)14-19-3-4-19)18(2)12-40(17)25(20-5-7-21(30)8-6-20)23-10-9-22(11-34-23)43-29(31,32)33/h5-11,15-19,25H,3-4,12-14H2,1-2H3/t17-,18+,25-/m1/s1. The zero-order valence-electron chi connectivity index (χ0n) is 23.5. The van der Waals surface area contributed by atoms with Gasteiger partial charge in [-0.15, -0.1) is 23.4 Å². The van der Waals surface area contributed by atoms with Crippen LogP contribution in [-0.4, -0.2) is 70.6 Å². The Kier molecular flexibility index (Phi) is 6.67. The second-order valence-electron chi connectivity index (χ2n) is 11.4. The Bertz CT molecular complexity index is 1750. The second kappa shape index (κ2) is 10.4. The molecule has 1 aliphatic carbocycles. The van der Waals surface area contributed by atoms with Crippen molar-refractivity contribution in [1.29, 1.82) is 0 Å². The molecular formula is C29H29F4N9O. The second-order valence-corrected chi connectivity index (χ2v) is 11.4. The first-order chi connectivity index (χ1) is 20.6. The Morgan fingerprint density at radius 2 is 1.77 bits per heavy atom. The number of anilines is 1. The fourth-order valence-electron chi connectivity index (χ4n) is 6.03. The summed E-state index contributed by atoms with van der Waals surface area (Å²) < 4.78 is 60.3. The van der Waals surface area contributed by atoms with Crippen LogP contribution in [0.2, 0.25) is 0 Å². The maximum absolute atomic E-state index is 13.9. The average molecular weight is 596 g/mol. The fourth-order valence-corrected chi connectivity index (χ4v) is 6.03. The number of alkyl halides is 3. The van der Waals surface area contributed by atoms with Crippen LogP contribution in [0.3, 0.4) is 0 Å². The highest BCUT2D eigenvalue weighted by atomic mass is 19.4. The maximum atomic E-state index is 13.9. The smallest absolute Gasteiger partial charge is 0.404 e. The van der Waals surface area contributed by atoms with Crippen LogP contribution in [0.15, 0.2) is 55.2 Å². The molecule has 10 nitrogen and oxygen atoms in total. The number of imidazole rings is 1. The van der Waals surface area contributed by atoms with Crippen molar-refractivity contribution in [3.05, 3.63) is 72.3 Å². The normalized spacial score (nSPS) is 20.7. The number of ether oxygens (including phenoxy) is 1. The monoisotopic (exact) mass is 595 g/mol. The van der Waals surface area contributed by atoms with Gasteiger partial charge < -0.3 is 14.2 Å². The number of piperazine rings is 1. The van der Waals surface area contributed by atoms with Crippen LogP contribution in [0.1, 0.15) is 44.0 Å². The van der Waals surface area contributed by atoms with Gasteiger partial charge >= 0.3 is 6.36 Å². The summed E-state index contributed by atoms with van der Waals surface area (Å²) in [6.45, 7) is 6.20. The van der Waals surface area contributed by atoms with Crippen molar-refractivity contribution in [2.45, 2.75) is 57.7 Å². The molecule has 0 amide bonds. The molecule has 5 aromatic rings. The van der Waals surface area contributed by atoms with E-state index in [-0.39, 0.29) is 17.9 Å². The first-order valence-electron chi connectivity index (χ1n) is 14.2. The summed E-state index contributed by atoms with van der Waals surface area (Å²) in [5, 5.41) is 8.35. The van der Waals surface area contributed by atoms with Crippen molar-refractivity contribution in [3.8, 4) is 5.75 Å². The molecule has 0 radical (unpaired) electrons. The number of nitrogens with zero attached hydrogens (tertiary/aromatic N) is 9. The van der Waals surface area contributed by atoms with Gasteiger partial charge in [-0.25, -0.2) is 13.8 Å². The van der Waals surface area contributed by atoms with Crippen molar-refractivity contribution in [1.82, 2.24) is 39.0 Å². The number of fused-ring (bicyclic) bond motifs is 3. The zero-order chi connectivity index (χ0) is 29.9. The minimum absolute atomic E-state index is 0.0402. The van der Waals surface area contributed by atoms with Gasteiger partial charge in [0, 0.05) is 31.7 Å². The number of aromatic nitrogens is 7. The number of halogens is 4. The molecule has 224 valence electrons. The van der Waals surface area contributed by atoms with Gasteiger partial charge in [-0.3, -0.25) is 9.88 Å². The Morgan fingerprint density at radius 3 is 2.47 bits per heavy atom. The third-order valence-electron chi connectivity index (χ3n) is 8.23.